The zero-order valence-electron chi connectivity index (χ0n) is 15.2. The van der Waals surface area contributed by atoms with Gasteiger partial charge in [-0.1, -0.05) is 30.3 Å². The minimum absolute atomic E-state index is 0.234. The second-order valence-corrected chi connectivity index (χ2v) is 8.50. The molecule has 1 fully saturated rings. The second-order valence-electron chi connectivity index (χ2n) is 6.57. The van der Waals surface area contributed by atoms with Gasteiger partial charge in [-0.05, 0) is 17.7 Å². The Morgan fingerprint density at radius 3 is 2.46 bits per heavy atom. The van der Waals surface area contributed by atoms with Crippen LogP contribution in [0.3, 0.4) is 0 Å². The highest BCUT2D eigenvalue weighted by Gasteiger charge is 2.37. The van der Waals surface area contributed by atoms with Gasteiger partial charge in [-0.3, -0.25) is 4.79 Å². The van der Waals surface area contributed by atoms with Crippen molar-refractivity contribution in [2.75, 3.05) is 38.2 Å². The molecule has 2 aliphatic heterocycles. The summed E-state index contributed by atoms with van der Waals surface area (Å²) in [6.07, 6.45) is 0. The van der Waals surface area contributed by atoms with Crippen LogP contribution in [0.5, 0.6) is 11.5 Å². The van der Waals surface area contributed by atoms with Crippen molar-refractivity contribution in [2.24, 2.45) is 0 Å². The molecule has 9 heteroatoms. The lowest BCUT2D eigenvalue weighted by atomic mass is 10.2. The van der Waals surface area contributed by atoms with Crippen LogP contribution in [0.25, 0.3) is 0 Å². The number of rotatable bonds is 5. The van der Waals surface area contributed by atoms with Gasteiger partial charge in [0.1, 0.15) is 13.2 Å². The molecule has 0 unspecified atom stereocenters. The minimum Gasteiger partial charge on any atom is -0.486 e. The Bertz CT molecular complexity index is 965. The van der Waals surface area contributed by atoms with Crippen molar-refractivity contribution in [1.82, 2.24) is 8.61 Å². The highest BCUT2D eigenvalue weighted by Crippen LogP contribution is 2.32. The molecule has 0 bridgehead atoms. The normalized spacial score (nSPS) is 18.7. The van der Waals surface area contributed by atoms with E-state index < -0.39 is 16.1 Å². The number of benzene rings is 2. The van der Waals surface area contributed by atoms with Gasteiger partial charge in [-0.2, -0.15) is 17.0 Å². The van der Waals surface area contributed by atoms with E-state index in [1.54, 1.807) is 18.2 Å². The highest BCUT2D eigenvalue weighted by molar-refractivity contribution is 7.87. The van der Waals surface area contributed by atoms with Gasteiger partial charge in [0, 0.05) is 31.4 Å². The molecule has 2 aliphatic rings. The van der Waals surface area contributed by atoms with Gasteiger partial charge in [0.05, 0.1) is 6.54 Å². The van der Waals surface area contributed by atoms with Gasteiger partial charge in [0.2, 0.25) is 5.91 Å². The molecule has 0 aliphatic carbocycles. The zero-order valence-corrected chi connectivity index (χ0v) is 16.0. The molecule has 0 saturated carbocycles. The molecule has 0 radical (unpaired) electrons. The first kappa shape index (κ1) is 18.7. The summed E-state index contributed by atoms with van der Waals surface area (Å²) < 4.78 is 39.0. The van der Waals surface area contributed by atoms with Crippen LogP contribution in [0.1, 0.15) is 5.56 Å². The van der Waals surface area contributed by atoms with Gasteiger partial charge in [-0.25, -0.2) is 0 Å². The van der Waals surface area contributed by atoms with Gasteiger partial charge in [-0.15, -0.1) is 0 Å². The predicted octanol–water partition coefficient (Wildman–Crippen LogP) is 1.46. The summed E-state index contributed by atoms with van der Waals surface area (Å²) in [6, 6.07) is 14.5. The van der Waals surface area contributed by atoms with Crippen molar-refractivity contribution in [3.8, 4) is 11.5 Å². The van der Waals surface area contributed by atoms with Gasteiger partial charge >= 0.3 is 0 Å². The third-order valence-electron chi connectivity index (χ3n) is 4.60. The quantitative estimate of drug-likeness (QED) is 0.817. The van der Waals surface area contributed by atoms with Crippen molar-refractivity contribution >= 4 is 21.8 Å². The number of hydrogen-bond donors (Lipinski definition) is 1. The molecule has 1 N–H and O–H groups in total. The maximum atomic E-state index is 12.7. The van der Waals surface area contributed by atoms with E-state index >= 15 is 0 Å². The van der Waals surface area contributed by atoms with E-state index in [-0.39, 0.29) is 13.1 Å². The smallest absolute Gasteiger partial charge is 0.282 e. The van der Waals surface area contributed by atoms with Crippen molar-refractivity contribution in [2.45, 2.75) is 6.54 Å². The summed E-state index contributed by atoms with van der Waals surface area (Å²) in [6.45, 7) is 1.64. The molecule has 8 nitrogen and oxygen atoms in total. The van der Waals surface area contributed by atoms with E-state index in [9.17, 15) is 13.2 Å². The number of nitrogens with one attached hydrogen (secondary N) is 1. The average Bonchev–Trinajstić information content (AvgIpc) is 2.96. The molecule has 2 aromatic carbocycles. The summed E-state index contributed by atoms with van der Waals surface area (Å²) in [4.78, 5) is 12.4. The van der Waals surface area contributed by atoms with E-state index in [0.29, 0.717) is 43.5 Å². The number of ether oxygens (including phenoxy) is 2. The number of hydrogen-bond acceptors (Lipinski definition) is 5. The first-order valence-corrected chi connectivity index (χ1v) is 10.4. The third kappa shape index (κ3) is 3.96. The van der Waals surface area contributed by atoms with E-state index in [4.69, 9.17) is 9.47 Å². The molecule has 0 spiro atoms. The largest absolute Gasteiger partial charge is 0.486 e. The fourth-order valence-electron chi connectivity index (χ4n) is 3.21. The first-order valence-electron chi connectivity index (χ1n) is 9.01. The Balaban J connectivity index is 1.38. The van der Waals surface area contributed by atoms with Crippen molar-refractivity contribution in [1.29, 1.82) is 0 Å². The lowest BCUT2D eigenvalue weighted by Crippen LogP contribution is -2.37. The number of anilines is 1. The topological polar surface area (TPSA) is 88.2 Å². The number of nitrogens with zero attached hydrogens (tertiary/aromatic N) is 2. The Kier molecular flexibility index (Phi) is 5.21. The van der Waals surface area contributed by atoms with Gasteiger partial charge in [0.25, 0.3) is 10.2 Å². The molecule has 1 amide bonds. The summed E-state index contributed by atoms with van der Waals surface area (Å²) in [5.74, 6) is 0.789. The van der Waals surface area contributed by atoms with Crippen LogP contribution in [0.15, 0.2) is 48.5 Å². The molecule has 0 atom stereocenters. The SMILES string of the molecule is O=C(CN1CCN(Cc2ccccc2)S1(=O)=O)Nc1ccc2c(c1)OCCO2. The summed E-state index contributed by atoms with van der Waals surface area (Å²) in [5, 5.41) is 2.72. The van der Waals surface area contributed by atoms with Gasteiger partial charge < -0.3 is 14.8 Å². The molecule has 28 heavy (non-hydrogen) atoms. The van der Waals surface area contributed by atoms with Crippen LogP contribution < -0.4 is 14.8 Å². The molecular weight excluding hydrogens is 382 g/mol. The first-order chi connectivity index (χ1) is 13.5. The molecule has 4 rings (SSSR count). The molecule has 148 valence electrons. The monoisotopic (exact) mass is 403 g/mol. The number of carbonyl (C=O) groups is 1. The highest BCUT2D eigenvalue weighted by atomic mass is 32.2. The minimum atomic E-state index is -3.67. The Morgan fingerprint density at radius 2 is 1.68 bits per heavy atom. The van der Waals surface area contributed by atoms with E-state index in [1.807, 2.05) is 30.3 Å². The molecule has 2 aromatic rings. The van der Waals surface area contributed by atoms with Crippen LogP contribution >= 0.6 is 0 Å². The lowest BCUT2D eigenvalue weighted by Gasteiger charge is -2.20. The van der Waals surface area contributed by atoms with E-state index in [1.165, 1.54) is 8.61 Å². The fourth-order valence-corrected chi connectivity index (χ4v) is 4.75. The maximum absolute atomic E-state index is 12.7. The fraction of sp³-hybridized carbons (Fsp3) is 0.316. The lowest BCUT2D eigenvalue weighted by molar-refractivity contribution is -0.116. The Morgan fingerprint density at radius 1 is 0.964 bits per heavy atom. The summed E-state index contributed by atoms with van der Waals surface area (Å²) in [7, 11) is -3.67. The molecule has 0 aromatic heterocycles. The van der Waals surface area contributed by atoms with Crippen molar-refractivity contribution in [3.63, 3.8) is 0 Å². The summed E-state index contributed by atoms with van der Waals surface area (Å²) in [5.41, 5.74) is 1.45. The number of amides is 1. The predicted molar refractivity (Wildman–Crippen MR) is 103 cm³/mol. The Labute approximate surface area is 163 Å². The molecule has 1 saturated heterocycles. The van der Waals surface area contributed by atoms with Crippen LogP contribution in [-0.2, 0) is 21.5 Å². The summed E-state index contributed by atoms with van der Waals surface area (Å²) >= 11 is 0. The zero-order chi connectivity index (χ0) is 19.6. The van der Waals surface area contributed by atoms with Gasteiger partial charge in [0.15, 0.2) is 11.5 Å². The number of carbonyl (C=O) groups excluding carboxylic acids is 1. The maximum Gasteiger partial charge on any atom is 0.282 e. The Hall–Kier alpha value is -2.62. The van der Waals surface area contributed by atoms with Crippen molar-refractivity contribution in [3.05, 3.63) is 54.1 Å². The van der Waals surface area contributed by atoms with Crippen LogP contribution in [0.2, 0.25) is 0 Å². The standard InChI is InChI=1S/C19H21N3O5S/c23-19(20-16-6-7-17-18(12-16)27-11-10-26-17)14-22-9-8-21(28(22,24)25)13-15-4-2-1-3-5-15/h1-7,12H,8-11,13-14H2,(H,20,23). The van der Waals surface area contributed by atoms with Crippen LogP contribution in [-0.4, -0.2) is 55.8 Å². The van der Waals surface area contributed by atoms with Crippen LogP contribution in [0, 0.1) is 0 Å². The molecular formula is C19H21N3O5S. The average molecular weight is 403 g/mol. The number of fused-ring (bicyclic) bond motifs is 1. The third-order valence-corrected chi connectivity index (χ3v) is 6.53. The van der Waals surface area contributed by atoms with E-state index in [0.717, 1.165) is 5.56 Å². The molecule has 2 heterocycles. The van der Waals surface area contributed by atoms with E-state index in [2.05, 4.69) is 5.32 Å². The van der Waals surface area contributed by atoms with Crippen LogP contribution in [0.4, 0.5) is 5.69 Å². The second kappa shape index (κ2) is 7.78. The van der Waals surface area contributed by atoms with Crippen molar-refractivity contribution < 1.29 is 22.7 Å².